The quantitative estimate of drug-likeness (QED) is 0.756. The molecule has 0 saturated carbocycles. The molecule has 1 aliphatic heterocycles. The van der Waals surface area contributed by atoms with Gasteiger partial charge in [-0.1, -0.05) is 30.3 Å². The van der Waals surface area contributed by atoms with Crippen molar-refractivity contribution < 1.29 is 4.79 Å². The van der Waals surface area contributed by atoms with Gasteiger partial charge in [0.05, 0.1) is 0 Å². The van der Waals surface area contributed by atoms with Crippen LogP contribution in [0.2, 0.25) is 0 Å². The highest BCUT2D eigenvalue weighted by molar-refractivity contribution is 5.78. The van der Waals surface area contributed by atoms with Gasteiger partial charge in [0.2, 0.25) is 5.91 Å². The lowest BCUT2D eigenvalue weighted by atomic mass is 9.96. The van der Waals surface area contributed by atoms with Gasteiger partial charge in [0.15, 0.2) is 0 Å². The van der Waals surface area contributed by atoms with E-state index in [9.17, 15) is 14.4 Å². The number of hydrogen-bond acceptors (Lipinski definition) is 4. The number of aryl methyl sites for hydroxylation is 1. The third-order valence-corrected chi connectivity index (χ3v) is 5.47. The van der Waals surface area contributed by atoms with E-state index in [1.54, 1.807) is 7.05 Å². The van der Waals surface area contributed by atoms with Gasteiger partial charge in [0.1, 0.15) is 5.82 Å². The van der Waals surface area contributed by atoms with Gasteiger partial charge in [-0.2, -0.15) is 0 Å². The lowest BCUT2D eigenvalue weighted by molar-refractivity contribution is -0.125. The molecule has 0 atom stereocenters. The second-order valence-corrected chi connectivity index (χ2v) is 7.38. The summed E-state index contributed by atoms with van der Waals surface area (Å²) in [6, 6.07) is 11.7. The average molecular weight is 384 g/mol. The zero-order valence-corrected chi connectivity index (χ0v) is 16.6. The smallest absolute Gasteiger partial charge is 0.332 e. The molecule has 1 aliphatic rings. The maximum absolute atomic E-state index is 12.4. The van der Waals surface area contributed by atoms with E-state index in [-0.39, 0.29) is 23.1 Å². The summed E-state index contributed by atoms with van der Waals surface area (Å²) in [7, 11) is 3.14. The van der Waals surface area contributed by atoms with Crippen molar-refractivity contribution in [1.82, 2.24) is 14.5 Å². The molecule has 1 saturated heterocycles. The fourth-order valence-corrected chi connectivity index (χ4v) is 3.69. The lowest BCUT2D eigenvalue weighted by Gasteiger charge is -2.33. The largest absolute Gasteiger partial charge is 0.358 e. The molecule has 1 fully saturated rings. The molecule has 1 N–H and O–H groups in total. The Balaban J connectivity index is 1.48. The number of nitrogens with one attached hydrogen (secondary N) is 1. The summed E-state index contributed by atoms with van der Waals surface area (Å²) in [6.07, 6.45) is 3.31. The second kappa shape index (κ2) is 8.91. The first-order valence-corrected chi connectivity index (χ1v) is 9.81. The number of aromatic nitrogens is 2. The molecular formula is C21H28N4O3. The number of piperidine rings is 1. The van der Waals surface area contributed by atoms with Crippen LogP contribution in [0.4, 0.5) is 5.82 Å². The van der Waals surface area contributed by atoms with Crippen LogP contribution in [-0.4, -0.2) is 34.7 Å². The van der Waals surface area contributed by atoms with Gasteiger partial charge in [-0.05, 0) is 31.2 Å². The summed E-state index contributed by atoms with van der Waals surface area (Å²) in [5.41, 5.74) is 0.641. The zero-order valence-electron chi connectivity index (χ0n) is 16.6. The van der Waals surface area contributed by atoms with Crippen molar-refractivity contribution in [2.45, 2.75) is 25.7 Å². The van der Waals surface area contributed by atoms with E-state index >= 15 is 0 Å². The van der Waals surface area contributed by atoms with Crippen molar-refractivity contribution in [3.05, 3.63) is 62.8 Å². The minimum atomic E-state index is -0.333. The standard InChI is InChI=1S/C21H28N4O3/c1-23-18(15-19(26)24(2)21(23)28)25-13-10-17(11-14-25)20(27)22-12-6-9-16-7-4-3-5-8-16/h3-5,7-8,15,17H,6,9-14H2,1-2H3,(H,22,27). The molecule has 0 spiro atoms. The Morgan fingerprint density at radius 3 is 2.43 bits per heavy atom. The van der Waals surface area contributed by atoms with E-state index in [0.717, 1.165) is 17.4 Å². The van der Waals surface area contributed by atoms with Crippen LogP contribution in [-0.2, 0) is 25.3 Å². The Morgan fingerprint density at radius 2 is 1.75 bits per heavy atom. The average Bonchev–Trinajstić information content (AvgIpc) is 2.73. The molecule has 28 heavy (non-hydrogen) atoms. The normalized spacial score (nSPS) is 14.9. The van der Waals surface area contributed by atoms with Crippen molar-refractivity contribution >= 4 is 11.7 Å². The van der Waals surface area contributed by atoms with Gasteiger partial charge >= 0.3 is 5.69 Å². The van der Waals surface area contributed by atoms with Crippen LogP contribution >= 0.6 is 0 Å². The Bertz CT molecular complexity index is 925. The van der Waals surface area contributed by atoms with Gasteiger partial charge in [0, 0.05) is 45.7 Å². The monoisotopic (exact) mass is 384 g/mol. The van der Waals surface area contributed by atoms with Gasteiger partial charge in [-0.25, -0.2) is 4.79 Å². The second-order valence-electron chi connectivity index (χ2n) is 7.38. The number of carbonyl (C=O) groups is 1. The Morgan fingerprint density at radius 1 is 1.07 bits per heavy atom. The fourth-order valence-electron chi connectivity index (χ4n) is 3.69. The van der Waals surface area contributed by atoms with Crippen molar-refractivity contribution in [2.75, 3.05) is 24.5 Å². The van der Waals surface area contributed by atoms with Crippen molar-refractivity contribution in [1.29, 1.82) is 0 Å². The van der Waals surface area contributed by atoms with Gasteiger partial charge < -0.3 is 10.2 Å². The molecule has 7 nitrogen and oxygen atoms in total. The number of amides is 1. The van der Waals surface area contributed by atoms with Gasteiger partial charge in [-0.3, -0.25) is 18.7 Å². The van der Waals surface area contributed by atoms with Crippen molar-refractivity contribution in [3.63, 3.8) is 0 Å². The first kappa shape index (κ1) is 19.9. The number of benzene rings is 1. The van der Waals surface area contributed by atoms with E-state index in [0.29, 0.717) is 38.3 Å². The zero-order chi connectivity index (χ0) is 20.1. The summed E-state index contributed by atoms with van der Waals surface area (Å²) in [5, 5.41) is 3.05. The van der Waals surface area contributed by atoms with Crippen LogP contribution < -0.4 is 21.5 Å². The summed E-state index contributed by atoms with van der Waals surface area (Å²) >= 11 is 0. The molecule has 150 valence electrons. The first-order valence-electron chi connectivity index (χ1n) is 9.81. The minimum Gasteiger partial charge on any atom is -0.358 e. The van der Waals surface area contributed by atoms with Crippen LogP contribution in [0.25, 0.3) is 0 Å². The predicted octanol–water partition coefficient (Wildman–Crippen LogP) is 1.05. The number of anilines is 1. The van der Waals surface area contributed by atoms with Gasteiger partial charge in [0.25, 0.3) is 5.56 Å². The number of carbonyl (C=O) groups excluding carboxylic acids is 1. The van der Waals surface area contributed by atoms with E-state index in [2.05, 4.69) is 17.4 Å². The molecule has 0 aliphatic carbocycles. The predicted molar refractivity (Wildman–Crippen MR) is 110 cm³/mol. The van der Waals surface area contributed by atoms with Crippen LogP contribution in [0.15, 0.2) is 46.0 Å². The molecule has 2 heterocycles. The molecule has 7 heteroatoms. The maximum atomic E-state index is 12.4. The number of hydrogen-bond donors (Lipinski definition) is 1. The first-order chi connectivity index (χ1) is 13.5. The fraction of sp³-hybridized carbons (Fsp3) is 0.476. The maximum Gasteiger partial charge on any atom is 0.332 e. The molecule has 0 radical (unpaired) electrons. The molecule has 2 aromatic rings. The number of rotatable bonds is 6. The molecule has 1 aromatic carbocycles. The Labute approximate surface area is 164 Å². The number of nitrogens with zero attached hydrogens (tertiary/aromatic N) is 3. The summed E-state index contributed by atoms with van der Waals surface area (Å²) < 4.78 is 2.59. The van der Waals surface area contributed by atoms with Gasteiger partial charge in [-0.15, -0.1) is 0 Å². The van der Waals surface area contributed by atoms with Crippen LogP contribution in [0, 0.1) is 5.92 Å². The topological polar surface area (TPSA) is 76.3 Å². The molecular weight excluding hydrogens is 356 g/mol. The van der Waals surface area contributed by atoms with E-state index < -0.39 is 0 Å². The van der Waals surface area contributed by atoms with Crippen molar-refractivity contribution in [2.24, 2.45) is 20.0 Å². The summed E-state index contributed by atoms with van der Waals surface area (Å²) in [6.45, 7) is 1.99. The van der Waals surface area contributed by atoms with E-state index in [1.807, 2.05) is 23.1 Å². The Kier molecular flexibility index (Phi) is 6.34. The molecule has 1 aromatic heterocycles. The minimum absolute atomic E-state index is 0.0171. The summed E-state index contributed by atoms with van der Waals surface area (Å²) in [4.78, 5) is 38.5. The summed E-state index contributed by atoms with van der Waals surface area (Å²) in [5.74, 6) is 0.706. The van der Waals surface area contributed by atoms with Crippen LogP contribution in [0.3, 0.4) is 0 Å². The molecule has 1 amide bonds. The third kappa shape index (κ3) is 4.52. The third-order valence-electron chi connectivity index (χ3n) is 5.47. The van der Waals surface area contributed by atoms with E-state index in [1.165, 1.54) is 23.2 Å². The highest BCUT2D eigenvalue weighted by atomic mass is 16.2. The van der Waals surface area contributed by atoms with E-state index in [4.69, 9.17) is 0 Å². The SMILES string of the molecule is Cn1c(N2CCC(C(=O)NCCCc3ccccc3)CC2)cc(=O)n(C)c1=O. The highest BCUT2D eigenvalue weighted by Gasteiger charge is 2.26. The molecule has 3 rings (SSSR count). The van der Waals surface area contributed by atoms with Crippen molar-refractivity contribution in [3.8, 4) is 0 Å². The Hall–Kier alpha value is -2.83. The lowest BCUT2D eigenvalue weighted by Crippen LogP contribution is -2.45. The van der Waals surface area contributed by atoms with Crippen LogP contribution in [0.1, 0.15) is 24.8 Å². The van der Waals surface area contributed by atoms with Crippen LogP contribution in [0.5, 0.6) is 0 Å². The molecule has 0 unspecified atom stereocenters. The highest BCUT2D eigenvalue weighted by Crippen LogP contribution is 2.21. The molecule has 0 bridgehead atoms.